The van der Waals surface area contributed by atoms with Crippen molar-refractivity contribution in [3.05, 3.63) is 92.8 Å². The van der Waals surface area contributed by atoms with Crippen LogP contribution in [-0.2, 0) is 22.7 Å². The zero-order valence-corrected chi connectivity index (χ0v) is 20.6. The molecule has 4 rings (SSSR count). The van der Waals surface area contributed by atoms with Crippen molar-refractivity contribution in [2.45, 2.75) is 31.8 Å². The molecule has 0 saturated heterocycles. The van der Waals surface area contributed by atoms with Crippen molar-refractivity contribution >= 4 is 40.5 Å². The molecule has 6 nitrogen and oxygen atoms in total. The molecule has 0 amide bonds. The zero-order chi connectivity index (χ0) is 23.9. The fraction of sp³-hybridized carbons (Fsp3) is 0.320. The van der Waals surface area contributed by atoms with Gasteiger partial charge >= 0.3 is 0 Å². The van der Waals surface area contributed by atoms with Crippen molar-refractivity contribution < 1.29 is 19.1 Å². The highest BCUT2D eigenvalue weighted by Gasteiger charge is 2.26. The number of benzene rings is 2. The summed E-state index contributed by atoms with van der Waals surface area (Å²) in [5, 5.41) is 16.5. The van der Waals surface area contributed by atoms with Crippen LogP contribution < -0.4 is 0 Å². The Hall–Kier alpha value is -2.06. The maximum atomic E-state index is 10.6. The predicted molar refractivity (Wildman–Crippen MR) is 134 cm³/mol. The van der Waals surface area contributed by atoms with E-state index in [2.05, 4.69) is 10.1 Å². The van der Waals surface area contributed by atoms with Crippen LogP contribution in [0.15, 0.2) is 70.4 Å². The van der Waals surface area contributed by atoms with Crippen LogP contribution in [0.25, 0.3) is 0 Å². The van der Waals surface area contributed by atoms with Crippen LogP contribution in [0.3, 0.4) is 0 Å². The summed E-state index contributed by atoms with van der Waals surface area (Å²) in [4.78, 5) is 7.83. The lowest BCUT2D eigenvalue weighted by Crippen LogP contribution is -2.39. The molecule has 2 aromatic carbocycles. The lowest BCUT2D eigenvalue weighted by Gasteiger charge is -2.27. The van der Waals surface area contributed by atoms with Gasteiger partial charge in [0.2, 0.25) is 0 Å². The van der Waals surface area contributed by atoms with E-state index in [0.29, 0.717) is 53.5 Å². The number of aliphatic hydroxyl groups is 1. The molecule has 0 unspecified atom stereocenters. The first-order valence-electron chi connectivity index (χ1n) is 10.9. The third-order valence-electron chi connectivity index (χ3n) is 5.35. The number of hydrogen-bond acceptors (Lipinski definition) is 6. The molecule has 1 aliphatic rings. The van der Waals surface area contributed by atoms with E-state index in [1.165, 1.54) is 0 Å². The van der Waals surface area contributed by atoms with Gasteiger partial charge in [0.05, 0.1) is 34.7 Å². The Morgan fingerprint density at radius 3 is 2.74 bits per heavy atom. The fourth-order valence-corrected chi connectivity index (χ4v) is 4.31. The molecule has 0 spiro atoms. The highest BCUT2D eigenvalue weighted by Crippen LogP contribution is 2.26. The van der Waals surface area contributed by atoms with Crippen LogP contribution in [0.4, 0.5) is 0 Å². The van der Waals surface area contributed by atoms with Gasteiger partial charge in [0.25, 0.3) is 0 Å². The maximum Gasteiger partial charge on any atom is 0.145 e. The molecule has 3 aromatic rings. The van der Waals surface area contributed by atoms with E-state index in [9.17, 15) is 5.11 Å². The maximum absolute atomic E-state index is 10.6. The largest absolute Gasteiger partial charge is 0.467 e. The van der Waals surface area contributed by atoms with E-state index >= 15 is 0 Å². The van der Waals surface area contributed by atoms with Crippen molar-refractivity contribution in [3.8, 4) is 0 Å². The van der Waals surface area contributed by atoms with Crippen molar-refractivity contribution in [1.82, 2.24) is 4.90 Å². The Morgan fingerprint density at radius 2 is 1.97 bits per heavy atom. The van der Waals surface area contributed by atoms with Crippen molar-refractivity contribution in [3.63, 3.8) is 0 Å². The Bertz CT molecular complexity index is 1110. The number of furan rings is 1. The van der Waals surface area contributed by atoms with Crippen LogP contribution >= 0.6 is 34.8 Å². The molecule has 0 fully saturated rings. The van der Waals surface area contributed by atoms with Gasteiger partial charge < -0.3 is 19.1 Å². The zero-order valence-electron chi connectivity index (χ0n) is 18.4. The molecule has 1 N–H and O–H groups in total. The van der Waals surface area contributed by atoms with Gasteiger partial charge in [-0.25, -0.2) is 0 Å². The molecule has 0 aliphatic carbocycles. The monoisotopic (exact) mass is 522 g/mol. The van der Waals surface area contributed by atoms with Crippen molar-refractivity contribution in [2.24, 2.45) is 5.16 Å². The highest BCUT2D eigenvalue weighted by atomic mass is 35.5. The normalized spacial score (nSPS) is 16.5. The molecule has 0 saturated carbocycles. The van der Waals surface area contributed by atoms with Gasteiger partial charge in [-0.3, -0.25) is 4.90 Å². The molecule has 1 aliphatic heterocycles. The molecular weight excluding hydrogens is 499 g/mol. The Balaban J connectivity index is 1.36. The minimum Gasteiger partial charge on any atom is -0.467 e. The number of nitrogens with zero attached hydrogens (tertiary/aromatic N) is 2. The van der Waals surface area contributed by atoms with Gasteiger partial charge in [0.1, 0.15) is 18.5 Å². The third-order valence-corrected chi connectivity index (χ3v) is 6.32. The van der Waals surface area contributed by atoms with Crippen LogP contribution in [0.2, 0.25) is 15.1 Å². The van der Waals surface area contributed by atoms with Gasteiger partial charge in [0.15, 0.2) is 0 Å². The van der Waals surface area contributed by atoms with Gasteiger partial charge in [-0.2, -0.15) is 0 Å². The second kappa shape index (κ2) is 12.1. The molecule has 9 heteroatoms. The van der Waals surface area contributed by atoms with E-state index in [1.54, 1.807) is 24.5 Å². The number of oxime groups is 1. The first-order valence-corrected chi connectivity index (χ1v) is 12.0. The smallest absolute Gasteiger partial charge is 0.145 e. The number of hydrogen-bond donors (Lipinski definition) is 1. The Labute approximate surface area is 213 Å². The second-order valence-electron chi connectivity index (χ2n) is 8.17. The molecule has 0 radical (unpaired) electrons. The molecule has 0 bridgehead atoms. The Kier molecular flexibility index (Phi) is 8.89. The van der Waals surface area contributed by atoms with E-state index < -0.39 is 6.10 Å². The lowest BCUT2D eigenvalue weighted by atomic mass is 10.0. The highest BCUT2D eigenvalue weighted by molar-refractivity contribution is 6.42. The summed E-state index contributed by atoms with van der Waals surface area (Å²) in [6, 6.07) is 16.7. The molecule has 1 aromatic heterocycles. The van der Waals surface area contributed by atoms with Crippen LogP contribution in [0, 0.1) is 0 Å². The number of ether oxygens (including phenoxy) is 1. The molecule has 2 heterocycles. The SMILES string of the molecule is O[C@@H](COCc1ccco1)CN(Cc1cccc(Cl)c1)C[C@H]1CC(c2ccc(Cl)c(Cl)c2)=NO1. The van der Waals surface area contributed by atoms with Crippen molar-refractivity contribution in [2.75, 3.05) is 19.7 Å². The van der Waals surface area contributed by atoms with Gasteiger partial charge in [0, 0.05) is 36.6 Å². The quantitative estimate of drug-likeness (QED) is 0.343. The van der Waals surface area contributed by atoms with Gasteiger partial charge in [-0.05, 0) is 42.0 Å². The van der Waals surface area contributed by atoms with Crippen LogP contribution in [-0.4, -0.2) is 47.6 Å². The summed E-state index contributed by atoms with van der Waals surface area (Å²) >= 11 is 18.4. The summed E-state index contributed by atoms with van der Waals surface area (Å²) in [6.45, 7) is 2.05. The fourth-order valence-electron chi connectivity index (χ4n) is 3.80. The van der Waals surface area contributed by atoms with E-state index in [-0.39, 0.29) is 12.7 Å². The van der Waals surface area contributed by atoms with Crippen LogP contribution in [0.5, 0.6) is 0 Å². The predicted octanol–water partition coefficient (Wildman–Crippen LogP) is 5.81. The van der Waals surface area contributed by atoms with Gasteiger partial charge in [-0.1, -0.05) is 58.2 Å². The second-order valence-corrected chi connectivity index (χ2v) is 9.42. The van der Waals surface area contributed by atoms with E-state index in [4.69, 9.17) is 48.8 Å². The van der Waals surface area contributed by atoms with Crippen molar-refractivity contribution in [1.29, 1.82) is 0 Å². The summed E-state index contributed by atoms with van der Waals surface area (Å²) in [5.74, 6) is 0.717. The summed E-state index contributed by atoms with van der Waals surface area (Å²) < 4.78 is 10.9. The summed E-state index contributed by atoms with van der Waals surface area (Å²) in [6.07, 6.45) is 1.36. The summed E-state index contributed by atoms with van der Waals surface area (Å²) in [5.41, 5.74) is 2.73. The molecule has 34 heavy (non-hydrogen) atoms. The standard InChI is InChI=1S/C25H25Cl3N2O4/c26-19-4-1-3-17(9-19)12-30(13-20(31)15-32-16-21-5-2-8-33-21)14-22-11-25(29-34-22)18-6-7-23(27)24(28)10-18/h1-10,20,22,31H,11-16H2/t20-,22-/m1/s1. The Morgan fingerprint density at radius 1 is 1.09 bits per heavy atom. The number of halogens is 3. The van der Waals surface area contributed by atoms with Crippen LogP contribution in [0.1, 0.15) is 23.3 Å². The minimum absolute atomic E-state index is 0.167. The first-order chi connectivity index (χ1) is 16.5. The average molecular weight is 524 g/mol. The number of aliphatic hydroxyl groups excluding tert-OH is 1. The topological polar surface area (TPSA) is 67.4 Å². The molecule has 2 atom stereocenters. The molecule has 180 valence electrons. The lowest BCUT2D eigenvalue weighted by molar-refractivity contribution is -0.00955. The minimum atomic E-state index is -0.689. The third kappa shape index (κ3) is 7.22. The van der Waals surface area contributed by atoms with E-state index in [0.717, 1.165) is 16.8 Å². The van der Waals surface area contributed by atoms with Gasteiger partial charge in [-0.15, -0.1) is 0 Å². The first kappa shape index (κ1) is 25.0. The summed E-state index contributed by atoms with van der Waals surface area (Å²) in [7, 11) is 0. The number of rotatable bonds is 11. The average Bonchev–Trinajstić information content (AvgIpc) is 3.48. The molecular formula is C25H25Cl3N2O4. The van der Waals surface area contributed by atoms with E-state index in [1.807, 2.05) is 36.4 Å².